The Balaban J connectivity index is 1.65. The van der Waals surface area contributed by atoms with Crippen LogP contribution < -0.4 is 5.32 Å². The van der Waals surface area contributed by atoms with E-state index in [2.05, 4.69) is 41.2 Å². The summed E-state index contributed by atoms with van der Waals surface area (Å²) in [4.78, 5) is 47.2. The molecule has 3 heterocycles. The molecule has 0 saturated carbocycles. The van der Waals surface area contributed by atoms with Gasteiger partial charge in [-0.3, -0.25) is 13.6 Å². The van der Waals surface area contributed by atoms with Crippen molar-refractivity contribution in [1.82, 2.24) is 19.5 Å². The van der Waals surface area contributed by atoms with Crippen molar-refractivity contribution in [3.63, 3.8) is 0 Å². The molecule has 0 spiro atoms. The number of hydrogen-bond acceptors (Lipinski definition) is 10. The lowest BCUT2D eigenvalue weighted by atomic mass is 10.2. The molecule has 1 fully saturated rings. The first-order valence-corrected chi connectivity index (χ1v) is 11.7. The second-order valence-electron chi connectivity index (χ2n) is 6.24. The number of imidazole rings is 1. The van der Waals surface area contributed by atoms with Gasteiger partial charge < -0.3 is 34.7 Å². The standard InChI is InChI=1S/C14H19N5O10P2/c20-9-5-11(29-10(9)6-28-31(24,25)26)19-8-18-12-13(16-7-17-14(12)19)15-3-1-2-4-27-30(21,22)23/h7-11,20H,3-6H2,(H,15,16,17)(H2,21,22,23)(H2,24,25,26)/t9-,10+,11+/m0/s1. The highest BCUT2D eigenvalue weighted by atomic mass is 31.2. The van der Waals surface area contributed by atoms with Crippen molar-refractivity contribution in [2.45, 2.75) is 24.9 Å². The van der Waals surface area contributed by atoms with Gasteiger partial charge >= 0.3 is 15.6 Å². The second kappa shape index (κ2) is 9.68. The van der Waals surface area contributed by atoms with E-state index in [-0.39, 0.29) is 13.0 Å². The minimum atomic E-state index is -4.69. The van der Waals surface area contributed by atoms with Gasteiger partial charge in [0.15, 0.2) is 17.0 Å². The average Bonchev–Trinajstić information content (AvgIpc) is 3.25. The molecule has 1 saturated heterocycles. The number of ether oxygens (including phenoxy) is 1. The van der Waals surface area contributed by atoms with Gasteiger partial charge in [-0.05, 0) is 0 Å². The fraction of sp³-hybridized carbons (Fsp3) is 0.500. The Bertz CT molecular complexity index is 1070. The summed E-state index contributed by atoms with van der Waals surface area (Å²) in [6, 6.07) is 0. The lowest BCUT2D eigenvalue weighted by Crippen LogP contribution is -2.25. The molecule has 1 aliphatic heterocycles. The third-order valence-corrected chi connectivity index (χ3v) is 5.01. The molecule has 0 bridgehead atoms. The summed E-state index contributed by atoms with van der Waals surface area (Å²) in [5.41, 5.74) is 0.757. The highest BCUT2D eigenvalue weighted by Gasteiger charge is 2.37. The normalized spacial score (nSPS) is 21.8. The summed E-state index contributed by atoms with van der Waals surface area (Å²) in [6.07, 6.45) is 0.163. The Kier molecular flexibility index (Phi) is 7.40. The topological polar surface area (TPSA) is 219 Å². The number of hydrogen-bond donors (Lipinski definition) is 6. The zero-order valence-electron chi connectivity index (χ0n) is 15.7. The molecule has 0 aromatic carbocycles. The molecule has 3 atom stereocenters. The Morgan fingerprint density at radius 2 is 1.90 bits per heavy atom. The van der Waals surface area contributed by atoms with Crippen LogP contribution in [0.5, 0.6) is 0 Å². The van der Waals surface area contributed by atoms with Crippen LogP contribution in [0.25, 0.3) is 11.2 Å². The molecule has 1 aliphatic rings. The lowest BCUT2D eigenvalue weighted by Gasteiger charge is -2.16. The number of aromatic nitrogens is 4. The maximum Gasteiger partial charge on any atom is 0.470 e. The molecule has 3 rings (SSSR count). The van der Waals surface area contributed by atoms with Crippen molar-refractivity contribution in [2.75, 3.05) is 25.1 Å². The van der Waals surface area contributed by atoms with Crippen molar-refractivity contribution in [3.8, 4) is 11.8 Å². The summed E-state index contributed by atoms with van der Waals surface area (Å²) in [7, 11) is -9.26. The van der Waals surface area contributed by atoms with Crippen LogP contribution in [0.15, 0.2) is 12.7 Å². The summed E-state index contributed by atoms with van der Waals surface area (Å²) in [6.45, 7) is -0.835. The third-order valence-electron chi connectivity index (χ3n) is 4.05. The van der Waals surface area contributed by atoms with Gasteiger partial charge in [-0.25, -0.2) is 24.1 Å². The van der Waals surface area contributed by atoms with E-state index in [0.717, 1.165) is 0 Å². The first-order valence-electron chi connectivity index (χ1n) is 8.64. The van der Waals surface area contributed by atoms with Crippen LogP contribution >= 0.6 is 15.6 Å². The molecule has 31 heavy (non-hydrogen) atoms. The smallest absolute Gasteiger partial charge is 0.390 e. The van der Waals surface area contributed by atoms with Crippen LogP contribution in [-0.2, 0) is 22.9 Å². The Morgan fingerprint density at radius 3 is 2.61 bits per heavy atom. The molecule has 17 heteroatoms. The largest absolute Gasteiger partial charge is 0.470 e. The van der Waals surface area contributed by atoms with Gasteiger partial charge in [0.25, 0.3) is 0 Å². The summed E-state index contributed by atoms with van der Waals surface area (Å²) < 4.78 is 37.2. The maximum atomic E-state index is 10.9. The Hall–Kier alpha value is -1.95. The van der Waals surface area contributed by atoms with E-state index in [1.807, 2.05) is 0 Å². The maximum absolute atomic E-state index is 10.9. The highest BCUT2D eigenvalue weighted by molar-refractivity contribution is 7.46. The second-order valence-corrected chi connectivity index (χ2v) is 8.71. The lowest BCUT2D eigenvalue weighted by molar-refractivity contribution is -0.0424. The van der Waals surface area contributed by atoms with Gasteiger partial charge in [0.05, 0.1) is 25.6 Å². The molecule has 15 nitrogen and oxygen atoms in total. The number of phosphoric acid groups is 2. The summed E-state index contributed by atoms with van der Waals surface area (Å²) in [5, 5.41) is 13.0. The van der Waals surface area contributed by atoms with Crippen LogP contribution in [0.2, 0.25) is 0 Å². The summed E-state index contributed by atoms with van der Waals surface area (Å²) in [5.74, 6) is 5.38. The Morgan fingerprint density at radius 1 is 1.16 bits per heavy atom. The SMILES string of the molecule is O=P(O)(O)OCC#CCNc1ncnc2c1ncn2[C@H]1C[C@H](O)[C@@H](COP(=O)(O)O)O1. The van der Waals surface area contributed by atoms with Gasteiger partial charge in [0, 0.05) is 6.42 Å². The van der Waals surface area contributed by atoms with Crippen LogP contribution in [0, 0.1) is 11.8 Å². The number of rotatable bonds is 8. The van der Waals surface area contributed by atoms with E-state index in [1.54, 1.807) is 4.57 Å². The molecule has 6 N–H and O–H groups in total. The van der Waals surface area contributed by atoms with Crippen LogP contribution in [0.3, 0.4) is 0 Å². The fourth-order valence-electron chi connectivity index (χ4n) is 2.76. The number of phosphoric ester groups is 2. The molecular weight excluding hydrogens is 460 g/mol. The number of nitrogens with zero attached hydrogens (tertiary/aromatic N) is 4. The first-order chi connectivity index (χ1) is 14.5. The molecule has 0 aliphatic carbocycles. The zero-order chi connectivity index (χ0) is 22.6. The molecule has 0 radical (unpaired) electrons. The fourth-order valence-corrected chi connectivity index (χ4v) is 3.33. The molecule has 2 aromatic rings. The number of aliphatic hydroxyl groups is 1. The minimum Gasteiger partial charge on any atom is -0.390 e. The Labute approximate surface area is 174 Å². The zero-order valence-corrected chi connectivity index (χ0v) is 17.5. The number of fused-ring (bicyclic) bond motifs is 1. The van der Waals surface area contributed by atoms with Gasteiger partial charge in [-0.1, -0.05) is 11.8 Å². The van der Waals surface area contributed by atoms with Crippen LogP contribution in [0.1, 0.15) is 12.6 Å². The number of anilines is 1. The van der Waals surface area contributed by atoms with Crippen molar-refractivity contribution in [2.24, 2.45) is 0 Å². The van der Waals surface area contributed by atoms with E-state index >= 15 is 0 Å². The molecule has 170 valence electrons. The van der Waals surface area contributed by atoms with Gasteiger partial charge in [-0.15, -0.1) is 0 Å². The predicted octanol–water partition coefficient (Wildman–Crippen LogP) is -0.891. The molecular formula is C14H19N5O10P2. The predicted molar refractivity (Wildman–Crippen MR) is 102 cm³/mol. The quantitative estimate of drug-likeness (QED) is 0.200. The van der Waals surface area contributed by atoms with E-state index in [4.69, 9.17) is 24.3 Å². The van der Waals surface area contributed by atoms with Crippen molar-refractivity contribution in [3.05, 3.63) is 12.7 Å². The van der Waals surface area contributed by atoms with Crippen molar-refractivity contribution in [1.29, 1.82) is 0 Å². The average molecular weight is 479 g/mol. The third kappa shape index (κ3) is 6.76. The number of nitrogens with one attached hydrogen (secondary N) is 1. The van der Waals surface area contributed by atoms with Crippen molar-refractivity contribution < 1.29 is 47.6 Å². The van der Waals surface area contributed by atoms with E-state index in [0.29, 0.717) is 17.0 Å². The van der Waals surface area contributed by atoms with E-state index in [9.17, 15) is 14.2 Å². The van der Waals surface area contributed by atoms with Gasteiger partial charge in [0.1, 0.15) is 25.3 Å². The molecule has 0 amide bonds. The van der Waals surface area contributed by atoms with E-state index < -0.39 is 47.3 Å². The summed E-state index contributed by atoms with van der Waals surface area (Å²) >= 11 is 0. The number of aliphatic hydroxyl groups excluding tert-OH is 1. The molecule has 0 unspecified atom stereocenters. The molecule has 2 aromatic heterocycles. The van der Waals surface area contributed by atoms with Crippen LogP contribution in [0.4, 0.5) is 5.82 Å². The van der Waals surface area contributed by atoms with Crippen LogP contribution in [-0.4, -0.2) is 76.2 Å². The monoisotopic (exact) mass is 479 g/mol. The first kappa shape index (κ1) is 23.7. The highest BCUT2D eigenvalue weighted by Crippen LogP contribution is 2.38. The minimum absolute atomic E-state index is 0.0872. The van der Waals surface area contributed by atoms with Crippen molar-refractivity contribution >= 4 is 32.6 Å². The van der Waals surface area contributed by atoms with Gasteiger partial charge in [-0.2, -0.15) is 0 Å². The van der Waals surface area contributed by atoms with Gasteiger partial charge in [0.2, 0.25) is 0 Å². The van der Waals surface area contributed by atoms with E-state index in [1.165, 1.54) is 12.7 Å².